The van der Waals surface area contributed by atoms with Crippen molar-refractivity contribution in [1.29, 1.82) is 0 Å². The number of hydrogen-bond donors (Lipinski definition) is 1. The van der Waals surface area contributed by atoms with Crippen molar-refractivity contribution in [1.82, 2.24) is 15.3 Å². The van der Waals surface area contributed by atoms with Crippen LogP contribution in [0.15, 0.2) is 54.1 Å². The van der Waals surface area contributed by atoms with Crippen LogP contribution in [0.3, 0.4) is 0 Å². The Morgan fingerprint density at radius 3 is 2.86 bits per heavy atom. The van der Waals surface area contributed by atoms with Crippen molar-refractivity contribution in [2.45, 2.75) is 6.54 Å². The van der Waals surface area contributed by atoms with Crippen molar-refractivity contribution in [3.63, 3.8) is 0 Å². The molecule has 1 aromatic carbocycles. The maximum absolute atomic E-state index is 11.7. The third-order valence-corrected chi connectivity index (χ3v) is 3.77. The number of carbonyl (C=O) groups is 1. The van der Waals surface area contributed by atoms with E-state index >= 15 is 0 Å². The van der Waals surface area contributed by atoms with Gasteiger partial charge in [0, 0.05) is 11.0 Å². The molecular weight excluding hydrogens is 282 g/mol. The molecule has 0 saturated heterocycles. The molecule has 0 aliphatic carbocycles. The van der Waals surface area contributed by atoms with Gasteiger partial charge in [0.15, 0.2) is 0 Å². The van der Waals surface area contributed by atoms with Crippen molar-refractivity contribution in [2.24, 2.45) is 0 Å². The lowest BCUT2D eigenvalue weighted by atomic mass is 10.3. The van der Waals surface area contributed by atoms with Crippen LogP contribution in [0.4, 0.5) is 0 Å². The van der Waals surface area contributed by atoms with E-state index in [1.807, 2.05) is 41.8 Å². The van der Waals surface area contributed by atoms with Gasteiger partial charge >= 0.3 is 0 Å². The van der Waals surface area contributed by atoms with Gasteiger partial charge in [0.05, 0.1) is 29.5 Å². The van der Waals surface area contributed by atoms with Crippen LogP contribution in [0, 0.1) is 0 Å². The highest BCUT2D eigenvalue weighted by atomic mass is 32.1. The molecule has 3 aromatic rings. The van der Waals surface area contributed by atoms with Crippen LogP contribution in [0.1, 0.15) is 10.6 Å². The highest BCUT2D eigenvalue weighted by Crippen LogP contribution is 2.09. The van der Waals surface area contributed by atoms with Gasteiger partial charge in [0.25, 0.3) is 0 Å². The fourth-order valence-corrected chi connectivity index (χ4v) is 2.50. The Balaban J connectivity index is 1.65. The zero-order chi connectivity index (χ0) is 14.5. The van der Waals surface area contributed by atoms with Gasteiger partial charge in [-0.25, -0.2) is 4.98 Å². The predicted molar refractivity (Wildman–Crippen MR) is 84.7 cm³/mol. The monoisotopic (exact) mass is 295 g/mol. The third kappa shape index (κ3) is 3.52. The largest absolute Gasteiger partial charge is 0.348 e. The van der Waals surface area contributed by atoms with Crippen LogP contribution in [0.25, 0.3) is 17.1 Å². The first-order valence-corrected chi connectivity index (χ1v) is 7.39. The smallest absolute Gasteiger partial charge is 0.244 e. The number of rotatable bonds is 4. The molecule has 0 bridgehead atoms. The van der Waals surface area contributed by atoms with Crippen LogP contribution in [-0.4, -0.2) is 15.9 Å². The fourth-order valence-electron chi connectivity index (χ4n) is 1.86. The Morgan fingerprint density at radius 2 is 2.05 bits per heavy atom. The Labute approximate surface area is 126 Å². The lowest BCUT2D eigenvalue weighted by Crippen LogP contribution is -2.19. The average Bonchev–Trinajstić information content (AvgIpc) is 3.04. The van der Waals surface area contributed by atoms with Gasteiger partial charge in [0.1, 0.15) is 0 Å². The van der Waals surface area contributed by atoms with E-state index in [1.165, 1.54) is 6.08 Å². The van der Waals surface area contributed by atoms with E-state index in [2.05, 4.69) is 15.3 Å². The first-order chi connectivity index (χ1) is 10.3. The number of benzene rings is 1. The summed E-state index contributed by atoms with van der Waals surface area (Å²) in [4.78, 5) is 21.6. The number of nitrogens with zero attached hydrogens (tertiary/aromatic N) is 2. The minimum absolute atomic E-state index is 0.140. The first-order valence-electron chi connectivity index (χ1n) is 6.51. The summed E-state index contributed by atoms with van der Waals surface area (Å²) in [6, 6.07) is 11.6. The molecule has 0 saturated carbocycles. The molecule has 0 spiro atoms. The fraction of sp³-hybridized carbons (Fsp3) is 0.0625. The predicted octanol–water partition coefficient (Wildman–Crippen LogP) is 3.02. The third-order valence-electron chi connectivity index (χ3n) is 2.89. The second-order valence-electron chi connectivity index (χ2n) is 4.41. The SMILES string of the molecule is O=C(/C=C/c1cnc2ccccc2n1)NCc1cccs1. The van der Waals surface area contributed by atoms with E-state index in [1.54, 1.807) is 23.6 Å². The molecular formula is C16H13N3OS. The number of carbonyl (C=O) groups excluding carboxylic acids is 1. The van der Waals surface area contributed by atoms with E-state index in [0.717, 1.165) is 15.9 Å². The molecule has 1 N–H and O–H groups in total. The average molecular weight is 295 g/mol. The summed E-state index contributed by atoms with van der Waals surface area (Å²) in [5, 5.41) is 4.82. The number of fused-ring (bicyclic) bond motifs is 1. The summed E-state index contributed by atoms with van der Waals surface area (Å²) in [6.07, 6.45) is 4.81. The van der Waals surface area contributed by atoms with Gasteiger partial charge in [-0.15, -0.1) is 11.3 Å². The van der Waals surface area contributed by atoms with E-state index in [9.17, 15) is 4.79 Å². The number of hydrogen-bond acceptors (Lipinski definition) is 4. The molecule has 0 aliphatic heterocycles. The summed E-state index contributed by atoms with van der Waals surface area (Å²) in [6.45, 7) is 0.546. The Kier molecular flexibility index (Phi) is 4.02. The van der Waals surface area contributed by atoms with Gasteiger partial charge in [-0.1, -0.05) is 18.2 Å². The Bertz CT molecular complexity index is 781. The molecule has 0 aliphatic rings. The molecule has 104 valence electrons. The maximum atomic E-state index is 11.7. The Hall–Kier alpha value is -2.53. The van der Waals surface area contributed by atoms with Gasteiger partial charge in [-0.3, -0.25) is 9.78 Å². The minimum Gasteiger partial charge on any atom is -0.348 e. The molecule has 3 rings (SSSR count). The van der Waals surface area contributed by atoms with E-state index in [4.69, 9.17) is 0 Å². The van der Waals surface area contributed by atoms with Crippen molar-refractivity contribution in [2.75, 3.05) is 0 Å². The second kappa shape index (κ2) is 6.28. The molecule has 1 amide bonds. The van der Waals surface area contributed by atoms with E-state index < -0.39 is 0 Å². The van der Waals surface area contributed by atoms with Crippen LogP contribution in [0.2, 0.25) is 0 Å². The first kappa shape index (κ1) is 13.5. The van der Waals surface area contributed by atoms with Gasteiger partial charge < -0.3 is 5.32 Å². The van der Waals surface area contributed by atoms with E-state index in [0.29, 0.717) is 12.2 Å². The lowest BCUT2D eigenvalue weighted by Gasteiger charge is -1.99. The van der Waals surface area contributed by atoms with Crippen LogP contribution in [0.5, 0.6) is 0 Å². The van der Waals surface area contributed by atoms with Crippen molar-refractivity contribution >= 4 is 34.4 Å². The van der Waals surface area contributed by atoms with Crippen LogP contribution < -0.4 is 5.32 Å². The zero-order valence-electron chi connectivity index (χ0n) is 11.2. The minimum atomic E-state index is -0.140. The lowest BCUT2D eigenvalue weighted by molar-refractivity contribution is -0.116. The summed E-state index contributed by atoms with van der Waals surface area (Å²) >= 11 is 1.62. The maximum Gasteiger partial charge on any atom is 0.244 e. The molecule has 0 fully saturated rings. The van der Waals surface area contributed by atoms with Gasteiger partial charge in [-0.2, -0.15) is 0 Å². The highest BCUT2D eigenvalue weighted by molar-refractivity contribution is 7.09. The van der Waals surface area contributed by atoms with E-state index in [-0.39, 0.29) is 5.91 Å². The molecule has 4 nitrogen and oxygen atoms in total. The molecule has 0 radical (unpaired) electrons. The number of para-hydroxylation sites is 2. The zero-order valence-corrected chi connectivity index (χ0v) is 12.0. The number of nitrogens with one attached hydrogen (secondary N) is 1. The molecule has 2 aromatic heterocycles. The molecule has 5 heteroatoms. The summed E-state index contributed by atoms with van der Waals surface area (Å²) < 4.78 is 0. The van der Waals surface area contributed by atoms with Crippen molar-refractivity contribution in [3.05, 3.63) is 64.6 Å². The van der Waals surface area contributed by atoms with Gasteiger partial charge in [0.2, 0.25) is 5.91 Å². The summed E-state index contributed by atoms with van der Waals surface area (Å²) in [5.74, 6) is -0.140. The topological polar surface area (TPSA) is 54.9 Å². The standard InChI is InChI=1S/C16H13N3OS/c20-16(18-11-13-4-3-9-21-13)8-7-12-10-17-14-5-1-2-6-15(14)19-12/h1-10H,11H2,(H,18,20)/b8-7+. The van der Waals surface area contributed by atoms with Gasteiger partial charge in [-0.05, 0) is 29.7 Å². The van der Waals surface area contributed by atoms with Crippen molar-refractivity contribution in [3.8, 4) is 0 Å². The highest BCUT2D eigenvalue weighted by Gasteiger charge is 1.99. The molecule has 2 heterocycles. The van der Waals surface area contributed by atoms with Crippen LogP contribution in [-0.2, 0) is 11.3 Å². The van der Waals surface area contributed by atoms with Crippen LogP contribution >= 0.6 is 11.3 Å². The number of aromatic nitrogens is 2. The number of amides is 1. The molecule has 0 atom stereocenters. The van der Waals surface area contributed by atoms with Crippen molar-refractivity contribution < 1.29 is 4.79 Å². The quantitative estimate of drug-likeness (QED) is 0.753. The normalized spacial score (nSPS) is 11.0. The Morgan fingerprint density at radius 1 is 1.19 bits per heavy atom. The molecule has 0 unspecified atom stereocenters. The number of thiophene rings is 1. The molecule has 21 heavy (non-hydrogen) atoms. The second-order valence-corrected chi connectivity index (χ2v) is 5.45. The summed E-state index contributed by atoms with van der Waals surface area (Å²) in [5.41, 5.74) is 2.33. The summed E-state index contributed by atoms with van der Waals surface area (Å²) in [7, 11) is 0.